The molecule has 27 heavy (non-hydrogen) atoms. The van der Waals surface area contributed by atoms with Crippen molar-refractivity contribution in [2.45, 2.75) is 6.92 Å². The number of nitrogens with one attached hydrogen (secondary N) is 1. The Bertz CT molecular complexity index is 1260. The molecule has 0 spiro atoms. The van der Waals surface area contributed by atoms with Crippen LogP contribution in [-0.2, 0) is 0 Å². The topological polar surface area (TPSA) is 59.1 Å². The van der Waals surface area contributed by atoms with Crippen molar-refractivity contribution in [2.75, 3.05) is 5.32 Å². The summed E-state index contributed by atoms with van der Waals surface area (Å²) in [5.74, 6) is -0.262. The third-order valence-corrected chi connectivity index (χ3v) is 5.77. The number of fused-ring (bicyclic) bond motifs is 4. The molecule has 0 fully saturated rings. The van der Waals surface area contributed by atoms with Crippen LogP contribution in [0.4, 0.5) is 10.8 Å². The van der Waals surface area contributed by atoms with Crippen LogP contribution in [0.1, 0.15) is 37.4 Å². The number of thiazole rings is 1. The number of nitrogens with zero attached hydrogens (tertiary/aromatic N) is 1. The van der Waals surface area contributed by atoms with Gasteiger partial charge in [-0.25, -0.2) is 4.98 Å². The van der Waals surface area contributed by atoms with Crippen LogP contribution in [0.3, 0.4) is 0 Å². The van der Waals surface area contributed by atoms with E-state index in [-0.39, 0.29) is 11.6 Å². The highest BCUT2D eigenvalue weighted by Gasteiger charge is 2.32. The van der Waals surface area contributed by atoms with E-state index in [2.05, 4.69) is 10.3 Å². The summed E-state index contributed by atoms with van der Waals surface area (Å²) in [6, 6.07) is 18.5. The molecule has 0 saturated carbocycles. The fraction of sp³-hybridized carbons (Fsp3) is 0.0455. The standard InChI is InChI=1S/C22H14N2O2S/c1-12-6-2-5-9-16(12)23-22-24-19-17(27-22)11-10-15-18(19)21(26)14-8-4-3-7-13(14)20(15)25/h2-11H,1H3,(H,23,24). The van der Waals surface area contributed by atoms with Crippen molar-refractivity contribution in [1.29, 1.82) is 0 Å². The van der Waals surface area contributed by atoms with Crippen LogP contribution in [0.15, 0.2) is 60.7 Å². The van der Waals surface area contributed by atoms with Gasteiger partial charge in [-0.2, -0.15) is 0 Å². The second kappa shape index (κ2) is 5.86. The van der Waals surface area contributed by atoms with Gasteiger partial charge in [-0.05, 0) is 30.7 Å². The minimum absolute atomic E-state index is 0.122. The molecule has 0 saturated heterocycles. The molecule has 0 unspecified atom stereocenters. The van der Waals surface area contributed by atoms with Gasteiger partial charge in [0.05, 0.1) is 15.8 Å². The number of hydrogen-bond acceptors (Lipinski definition) is 5. The van der Waals surface area contributed by atoms with Gasteiger partial charge in [0.25, 0.3) is 0 Å². The van der Waals surface area contributed by atoms with Gasteiger partial charge in [0.15, 0.2) is 16.7 Å². The predicted octanol–water partition coefficient (Wildman–Crippen LogP) is 5.12. The number of carbonyl (C=O) groups excluding carboxylic acids is 2. The number of hydrogen-bond donors (Lipinski definition) is 1. The fourth-order valence-electron chi connectivity index (χ4n) is 3.45. The monoisotopic (exact) mass is 370 g/mol. The highest BCUT2D eigenvalue weighted by atomic mass is 32.1. The molecule has 3 aromatic carbocycles. The molecule has 0 atom stereocenters. The van der Waals surface area contributed by atoms with Crippen molar-refractivity contribution in [3.8, 4) is 0 Å². The first kappa shape index (κ1) is 15.9. The molecule has 1 heterocycles. The number of anilines is 2. The van der Waals surface area contributed by atoms with Gasteiger partial charge in [0.2, 0.25) is 0 Å². The van der Waals surface area contributed by atoms with Crippen molar-refractivity contribution >= 4 is 43.9 Å². The Labute approximate surface area is 159 Å². The lowest BCUT2D eigenvalue weighted by Crippen LogP contribution is -2.21. The van der Waals surface area contributed by atoms with Gasteiger partial charge in [0, 0.05) is 22.4 Å². The zero-order valence-electron chi connectivity index (χ0n) is 14.4. The molecular weight excluding hydrogens is 356 g/mol. The van der Waals surface area contributed by atoms with Crippen molar-refractivity contribution < 1.29 is 9.59 Å². The highest BCUT2D eigenvalue weighted by molar-refractivity contribution is 7.22. The summed E-state index contributed by atoms with van der Waals surface area (Å²) in [7, 11) is 0. The number of aromatic nitrogens is 1. The van der Waals surface area contributed by atoms with E-state index in [4.69, 9.17) is 0 Å². The van der Waals surface area contributed by atoms with Gasteiger partial charge in [-0.3, -0.25) is 9.59 Å². The predicted molar refractivity (Wildman–Crippen MR) is 107 cm³/mol. The average Bonchev–Trinajstić information content (AvgIpc) is 3.10. The van der Waals surface area contributed by atoms with Crippen LogP contribution < -0.4 is 5.32 Å². The van der Waals surface area contributed by atoms with Gasteiger partial charge in [-0.15, -0.1) is 0 Å². The van der Waals surface area contributed by atoms with E-state index in [1.807, 2.05) is 37.3 Å². The van der Waals surface area contributed by atoms with E-state index in [0.717, 1.165) is 16.0 Å². The summed E-state index contributed by atoms with van der Waals surface area (Å²) in [6.07, 6.45) is 0. The summed E-state index contributed by atoms with van der Waals surface area (Å²) in [4.78, 5) is 30.6. The molecule has 5 rings (SSSR count). The van der Waals surface area contributed by atoms with Gasteiger partial charge < -0.3 is 5.32 Å². The van der Waals surface area contributed by atoms with Crippen molar-refractivity contribution in [2.24, 2.45) is 0 Å². The normalized spacial score (nSPS) is 12.8. The molecule has 0 radical (unpaired) electrons. The van der Waals surface area contributed by atoms with Crippen LogP contribution >= 0.6 is 11.3 Å². The Morgan fingerprint density at radius 1 is 0.815 bits per heavy atom. The summed E-state index contributed by atoms with van der Waals surface area (Å²) in [5.41, 5.74) is 4.41. The summed E-state index contributed by atoms with van der Waals surface area (Å²) in [6.45, 7) is 2.02. The van der Waals surface area contributed by atoms with Crippen LogP contribution in [-0.4, -0.2) is 16.6 Å². The molecule has 5 heteroatoms. The molecule has 4 aromatic rings. The lowest BCUT2D eigenvalue weighted by molar-refractivity contribution is 0.0980. The zero-order valence-corrected chi connectivity index (χ0v) is 15.3. The van der Waals surface area contributed by atoms with E-state index in [1.54, 1.807) is 30.3 Å². The van der Waals surface area contributed by atoms with Crippen LogP contribution in [0.5, 0.6) is 0 Å². The lowest BCUT2D eigenvalue weighted by Gasteiger charge is -2.17. The second-order valence-electron chi connectivity index (χ2n) is 6.50. The minimum atomic E-state index is -0.140. The van der Waals surface area contributed by atoms with Crippen LogP contribution in [0.25, 0.3) is 10.2 Å². The third-order valence-electron chi connectivity index (χ3n) is 4.84. The van der Waals surface area contributed by atoms with Crippen molar-refractivity contribution in [3.05, 3.63) is 88.5 Å². The van der Waals surface area contributed by atoms with Gasteiger partial charge in [-0.1, -0.05) is 53.8 Å². The number of rotatable bonds is 2. The van der Waals surface area contributed by atoms with E-state index >= 15 is 0 Å². The molecule has 1 aromatic heterocycles. The lowest BCUT2D eigenvalue weighted by atomic mass is 9.83. The number of para-hydroxylation sites is 1. The van der Waals surface area contributed by atoms with Crippen LogP contribution in [0.2, 0.25) is 0 Å². The van der Waals surface area contributed by atoms with E-state index in [9.17, 15) is 9.59 Å². The minimum Gasteiger partial charge on any atom is -0.331 e. The molecule has 0 aliphatic heterocycles. The number of ketones is 2. The maximum Gasteiger partial charge on any atom is 0.196 e. The Morgan fingerprint density at radius 2 is 1.52 bits per heavy atom. The molecule has 130 valence electrons. The average molecular weight is 370 g/mol. The van der Waals surface area contributed by atoms with E-state index in [1.165, 1.54) is 11.3 Å². The zero-order chi connectivity index (χ0) is 18.5. The maximum absolute atomic E-state index is 13.1. The highest BCUT2D eigenvalue weighted by Crippen LogP contribution is 2.36. The van der Waals surface area contributed by atoms with Crippen molar-refractivity contribution in [1.82, 2.24) is 4.98 Å². The molecule has 1 N–H and O–H groups in total. The number of aryl methyl sites for hydroxylation is 1. The maximum atomic E-state index is 13.1. The van der Waals surface area contributed by atoms with E-state index in [0.29, 0.717) is 32.9 Å². The molecule has 4 nitrogen and oxygen atoms in total. The smallest absolute Gasteiger partial charge is 0.196 e. The third kappa shape index (κ3) is 2.39. The van der Waals surface area contributed by atoms with Crippen molar-refractivity contribution in [3.63, 3.8) is 0 Å². The Morgan fingerprint density at radius 3 is 2.30 bits per heavy atom. The number of benzene rings is 3. The molecular formula is C22H14N2O2S. The molecule has 1 aliphatic rings. The summed E-state index contributed by atoms with van der Waals surface area (Å²) < 4.78 is 0.880. The molecule has 1 aliphatic carbocycles. The van der Waals surface area contributed by atoms with Crippen LogP contribution in [0, 0.1) is 6.92 Å². The Hall–Kier alpha value is -3.31. The first-order valence-electron chi connectivity index (χ1n) is 8.58. The Kier molecular flexibility index (Phi) is 3.45. The number of carbonyl (C=O) groups is 2. The molecule has 0 bridgehead atoms. The van der Waals surface area contributed by atoms with Gasteiger partial charge in [0.1, 0.15) is 0 Å². The quantitative estimate of drug-likeness (QED) is 0.468. The summed E-state index contributed by atoms with van der Waals surface area (Å²) in [5, 5.41) is 4.03. The molecule has 0 amide bonds. The van der Waals surface area contributed by atoms with E-state index < -0.39 is 0 Å². The Balaban J connectivity index is 1.67. The second-order valence-corrected chi connectivity index (χ2v) is 7.53. The fourth-order valence-corrected chi connectivity index (χ4v) is 4.34. The van der Waals surface area contributed by atoms with Gasteiger partial charge >= 0.3 is 0 Å². The first-order valence-corrected chi connectivity index (χ1v) is 9.40. The SMILES string of the molecule is Cc1ccccc1Nc1nc2c3c(ccc2s1)C(=O)c1ccccc1C3=O. The summed E-state index contributed by atoms with van der Waals surface area (Å²) >= 11 is 1.47. The first-order chi connectivity index (χ1) is 13.1. The largest absolute Gasteiger partial charge is 0.331 e.